The molecule has 0 radical (unpaired) electrons. The number of nitrogens with two attached hydrogens (primary N) is 1. The van der Waals surface area contributed by atoms with Crippen LogP contribution in [0, 0.1) is 5.92 Å². The number of nitrogens with zero attached hydrogens (tertiary/aromatic N) is 2. The van der Waals surface area contributed by atoms with Crippen LogP contribution in [-0.4, -0.2) is 95.3 Å². The molecule has 1 aromatic heterocycles. The molecule has 0 fully saturated rings. The van der Waals surface area contributed by atoms with E-state index < -0.39 is 73.0 Å². The van der Waals surface area contributed by atoms with E-state index in [1.807, 2.05) is 72.8 Å². The zero-order chi connectivity index (χ0) is 42.2. The van der Waals surface area contributed by atoms with Gasteiger partial charge in [-0.25, -0.2) is 14.8 Å². The molecule has 5 amide bonds. The van der Waals surface area contributed by atoms with E-state index in [1.54, 1.807) is 39.0 Å². The first-order valence-electron chi connectivity index (χ1n) is 18.9. The van der Waals surface area contributed by atoms with E-state index in [0.717, 1.165) is 16.5 Å². The summed E-state index contributed by atoms with van der Waals surface area (Å²) in [5.41, 5.74) is 11.2. The predicted octanol–water partition coefficient (Wildman–Crippen LogP) is 2.94. The highest BCUT2D eigenvalue weighted by Crippen LogP contribution is 2.14. The van der Waals surface area contributed by atoms with Gasteiger partial charge in [-0.15, -0.1) is 0 Å². The number of pyridine rings is 1. The number of fused-ring (bicyclic) bond motifs is 1. The number of ether oxygens (including phenoxy) is 3. The van der Waals surface area contributed by atoms with Crippen molar-refractivity contribution in [3.63, 3.8) is 0 Å². The Kier molecular flexibility index (Phi) is 17.2. The van der Waals surface area contributed by atoms with Gasteiger partial charge >= 0.3 is 6.09 Å². The minimum Gasteiger partial charge on any atom is -0.420 e. The molecule has 1 heterocycles. The van der Waals surface area contributed by atoms with Crippen LogP contribution in [0.2, 0.25) is 0 Å². The molecule has 16 heteroatoms. The summed E-state index contributed by atoms with van der Waals surface area (Å²) in [6.07, 6.45) is -4.15. The minimum atomic E-state index is -1.38. The second kappa shape index (κ2) is 22.2. The van der Waals surface area contributed by atoms with Crippen LogP contribution in [0.4, 0.5) is 4.79 Å². The number of imide groups is 1. The number of aliphatic hydroxyl groups excluding tert-OH is 1. The number of aliphatic hydroxyl groups is 1. The van der Waals surface area contributed by atoms with Crippen molar-refractivity contribution >= 4 is 40.6 Å². The van der Waals surface area contributed by atoms with Crippen molar-refractivity contribution in [2.24, 2.45) is 11.7 Å². The largest absolute Gasteiger partial charge is 0.420 e. The first-order valence-corrected chi connectivity index (χ1v) is 18.9. The summed E-state index contributed by atoms with van der Waals surface area (Å²) in [4.78, 5) is 70.0. The van der Waals surface area contributed by atoms with Crippen LogP contribution in [0.3, 0.4) is 0 Å². The van der Waals surface area contributed by atoms with Gasteiger partial charge in [-0.05, 0) is 49.4 Å². The van der Waals surface area contributed by atoms with Crippen molar-refractivity contribution < 1.29 is 43.3 Å². The number of aromatic nitrogens is 1. The fourth-order valence-corrected chi connectivity index (χ4v) is 5.90. The molecular formula is C42H53N7O9. The Hall–Kier alpha value is -5.78. The van der Waals surface area contributed by atoms with Crippen LogP contribution < -0.4 is 27.1 Å². The molecule has 4 rings (SSSR count). The van der Waals surface area contributed by atoms with Gasteiger partial charge in [0, 0.05) is 25.6 Å². The van der Waals surface area contributed by atoms with Crippen molar-refractivity contribution in [2.45, 2.75) is 83.9 Å². The number of rotatable bonds is 20. The minimum absolute atomic E-state index is 0.0236. The Morgan fingerprint density at radius 1 is 0.793 bits per heavy atom. The summed E-state index contributed by atoms with van der Waals surface area (Å²) < 4.78 is 15.7. The number of hydrogen-bond donors (Lipinski definition) is 6. The monoisotopic (exact) mass is 799 g/mol. The summed E-state index contributed by atoms with van der Waals surface area (Å²) >= 11 is 0. The van der Waals surface area contributed by atoms with Crippen LogP contribution in [0.25, 0.3) is 10.9 Å². The number of alkyl carbamates (subject to hydrolysis) is 1. The maximum absolute atomic E-state index is 13.8. The molecule has 0 spiro atoms. The quantitative estimate of drug-likeness (QED) is 0.0561. The van der Waals surface area contributed by atoms with Crippen molar-refractivity contribution in [1.82, 2.24) is 31.4 Å². The number of carbonyl (C=O) groups excluding carboxylic acids is 5. The number of hydrazine groups is 1. The summed E-state index contributed by atoms with van der Waals surface area (Å²) in [6, 6.07) is 25.3. The average molecular weight is 800 g/mol. The summed E-state index contributed by atoms with van der Waals surface area (Å²) in [5, 5.41) is 21.7. The van der Waals surface area contributed by atoms with Crippen LogP contribution in [0.15, 0.2) is 97.1 Å². The smallest absolute Gasteiger partial charge is 0.410 e. The number of nitrogens with one attached hydrogen (secondary N) is 4. The van der Waals surface area contributed by atoms with Crippen LogP contribution in [0.1, 0.15) is 55.7 Å². The van der Waals surface area contributed by atoms with Gasteiger partial charge in [0.2, 0.25) is 18.1 Å². The number of benzene rings is 3. The average Bonchev–Trinajstić information content (AvgIpc) is 3.19. The summed E-state index contributed by atoms with van der Waals surface area (Å²) in [6.45, 7) is 6.61. The molecule has 6 atom stereocenters. The first kappa shape index (κ1) is 44.9. The number of amides is 5. The van der Waals surface area contributed by atoms with Gasteiger partial charge in [0.05, 0.1) is 30.1 Å². The molecule has 16 nitrogen and oxygen atoms in total. The first-order chi connectivity index (χ1) is 27.7. The van der Waals surface area contributed by atoms with E-state index in [4.69, 9.17) is 19.9 Å². The fraction of sp³-hybridized carbons (Fsp3) is 0.381. The molecule has 0 aliphatic carbocycles. The molecular weight excluding hydrogens is 747 g/mol. The number of carbonyl (C=O) groups is 5. The maximum Gasteiger partial charge on any atom is 0.410 e. The topological polar surface area (TPSA) is 224 Å². The second-order valence-electron chi connectivity index (χ2n) is 14.1. The SMILES string of the molecule is COC(C)OC(C)OC(=O)N[C@H](C(=O)NN(Cc1ccccc1)CC(O)C(Cc1ccccc1)NC(=O)[C@@H](N)CC(=O)NC(=O)c1ccc2ccccc2n1)C(C)C. The zero-order valence-electron chi connectivity index (χ0n) is 33.3. The van der Waals surface area contributed by atoms with Gasteiger partial charge < -0.3 is 35.7 Å². The van der Waals surface area contributed by atoms with Crippen LogP contribution in [-0.2, 0) is 41.6 Å². The van der Waals surface area contributed by atoms with E-state index in [9.17, 15) is 29.1 Å². The standard InChI is InChI=1S/C42H53N7O9/c1-26(2)38(47-42(55)58-28(4)57-27(3)56-5)41(54)48-49(24-30-16-10-7-11-17-30)25-36(50)35(22-29-14-8-6-9-15-29)45-39(52)32(43)23-37(51)46-40(53)34-21-20-31-18-12-13-19-33(31)44-34/h6-21,26-28,32,35-36,38,50H,22-25,43H2,1-5H3,(H,45,52)(H,47,55)(H,48,54)(H,46,51,53)/t27?,28?,32-,35?,36?,38-/m0/s1. The predicted molar refractivity (Wildman–Crippen MR) is 215 cm³/mol. The van der Waals surface area contributed by atoms with E-state index in [0.29, 0.717) is 5.52 Å². The molecule has 7 N–H and O–H groups in total. The van der Waals surface area contributed by atoms with Crippen molar-refractivity contribution in [1.29, 1.82) is 0 Å². The summed E-state index contributed by atoms with van der Waals surface area (Å²) in [5.74, 6) is -3.24. The van der Waals surface area contributed by atoms with Crippen molar-refractivity contribution in [3.8, 4) is 0 Å². The lowest BCUT2D eigenvalue weighted by atomic mass is 10.00. The lowest BCUT2D eigenvalue weighted by Crippen LogP contribution is -2.58. The lowest BCUT2D eigenvalue weighted by Gasteiger charge is -2.32. The Balaban J connectivity index is 1.46. The Labute approximate surface area is 337 Å². The third-order valence-corrected chi connectivity index (χ3v) is 9.02. The molecule has 4 unspecified atom stereocenters. The Morgan fingerprint density at radius 3 is 2.09 bits per heavy atom. The number of methoxy groups -OCH3 is 1. The lowest BCUT2D eigenvalue weighted by molar-refractivity contribution is -0.202. The zero-order valence-corrected chi connectivity index (χ0v) is 33.3. The molecule has 0 saturated carbocycles. The van der Waals surface area contributed by atoms with Gasteiger partial charge in [0.15, 0.2) is 6.29 Å². The molecule has 0 aliphatic rings. The van der Waals surface area contributed by atoms with Crippen LogP contribution in [0.5, 0.6) is 0 Å². The van der Waals surface area contributed by atoms with E-state index in [2.05, 4.69) is 26.4 Å². The normalized spacial score (nSPS) is 14.4. The van der Waals surface area contributed by atoms with Gasteiger partial charge in [0.1, 0.15) is 11.7 Å². The van der Waals surface area contributed by atoms with Gasteiger partial charge in [0.25, 0.3) is 11.8 Å². The molecule has 310 valence electrons. The van der Waals surface area contributed by atoms with Crippen molar-refractivity contribution in [2.75, 3.05) is 13.7 Å². The summed E-state index contributed by atoms with van der Waals surface area (Å²) in [7, 11) is 1.44. The molecule has 0 aliphatic heterocycles. The molecule has 0 bridgehead atoms. The highest BCUT2D eigenvalue weighted by Gasteiger charge is 2.31. The third-order valence-electron chi connectivity index (χ3n) is 9.02. The molecule has 4 aromatic rings. The van der Waals surface area contributed by atoms with E-state index in [1.165, 1.54) is 25.1 Å². The van der Waals surface area contributed by atoms with E-state index >= 15 is 0 Å². The number of para-hydroxylation sites is 1. The fourth-order valence-electron chi connectivity index (χ4n) is 5.90. The second-order valence-corrected chi connectivity index (χ2v) is 14.1. The van der Waals surface area contributed by atoms with Gasteiger partial charge in [-0.2, -0.15) is 0 Å². The highest BCUT2D eigenvalue weighted by molar-refractivity contribution is 6.05. The van der Waals surface area contributed by atoms with E-state index in [-0.39, 0.29) is 31.1 Å². The Morgan fingerprint density at radius 2 is 1.43 bits per heavy atom. The molecule has 3 aromatic carbocycles. The van der Waals surface area contributed by atoms with Gasteiger partial charge in [-0.1, -0.05) is 98.8 Å². The molecule has 0 saturated heterocycles. The Bertz CT molecular complexity index is 1970. The highest BCUT2D eigenvalue weighted by atomic mass is 16.8. The maximum atomic E-state index is 13.8. The third kappa shape index (κ3) is 14.3. The van der Waals surface area contributed by atoms with Crippen LogP contribution >= 0.6 is 0 Å². The van der Waals surface area contributed by atoms with Gasteiger partial charge in [-0.3, -0.25) is 29.9 Å². The van der Waals surface area contributed by atoms with Crippen molar-refractivity contribution in [3.05, 3.63) is 114 Å². The molecule has 58 heavy (non-hydrogen) atoms. The number of hydrogen-bond acceptors (Lipinski definition) is 12.